The average Bonchev–Trinajstić information content (AvgIpc) is 2.87. The number of nitrogens with zero attached hydrogens (tertiary/aromatic N) is 3. The smallest absolute Gasteiger partial charge is 0.384 e. The predicted octanol–water partition coefficient (Wildman–Crippen LogP) is 5.05. The second kappa shape index (κ2) is 9.20. The summed E-state index contributed by atoms with van der Waals surface area (Å²) in [6.07, 6.45) is 3.89. The predicted molar refractivity (Wildman–Crippen MR) is 131 cm³/mol. The lowest BCUT2D eigenvalue weighted by Gasteiger charge is -2.57. The Bertz CT molecular complexity index is 1010. The molecule has 1 saturated carbocycles. The molecular formula is C26H32N3O4P. The maximum absolute atomic E-state index is 13.3. The molecule has 7 nitrogen and oxygen atoms in total. The first kappa shape index (κ1) is 23.1. The van der Waals surface area contributed by atoms with Crippen molar-refractivity contribution < 1.29 is 18.6 Å². The number of fused-ring (bicyclic) bond motifs is 6. The molecule has 8 heteroatoms. The van der Waals surface area contributed by atoms with Gasteiger partial charge in [-0.1, -0.05) is 49.2 Å². The second-order valence-electron chi connectivity index (χ2n) is 9.50. The quantitative estimate of drug-likeness (QED) is 0.534. The molecule has 2 fully saturated rings. The molecule has 34 heavy (non-hydrogen) atoms. The van der Waals surface area contributed by atoms with Crippen molar-refractivity contribution in [1.82, 2.24) is 14.5 Å². The highest BCUT2D eigenvalue weighted by Gasteiger charge is 2.53. The lowest BCUT2D eigenvalue weighted by molar-refractivity contribution is -0.161. The van der Waals surface area contributed by atoms with E-state index in [0.717, 1.165) is 36.8 Å². The van der Waals surface area contributed by atoms with Gasteiger partial charge in [0.2, 0.25) is 11.8 Å². The zero-order valence-corrected chi connectivity index (χ0v) is 21.1. The normalized spacial score (nSPS) is 26.5. The number of rotatable bonds is 1. The molecule has 5 rings (SSSR count). The maximum Gasteiger partial charge on any atom is 0.384 e. The number of benzene rings is 2. The van der Waals surface area contributed by atoms with E-state index in [1.807, 2.05) is 77.1 Å². The third-order valence-electron chi connectivity index (χ3n) is 7.19. The van der Waals surface area contributed by atoms with Crippen molar-refractivity contribution in [1.29, 1.82) is 0 Å². The average molecular weight is 482 g/mol. The lowest BCUT2D eigenvalue weighted by Crippen LogP contribution is -2.64. The van der Waals surface area contributed by atoms with E-state index in [2.05, 4.69) is 0 Å². The van der Waals surface area contributed by atoms with Crippen LogP contribution in [0.2, 0.25) is 0 Å². The molecule has 3 aliphatic rings. The fourth-order valence-electron chi connectivity index (χ4n) is 5.92. The zero-order chi connectivity index (χ0) is 24.0. The van der Waals surface area contributed by atoms with Crippen LogP contribution in [0.5, 0.6) is 11.5 Å². The van der Waals surface area contributed by atoms with Gasteiger partial charge in [-0.3, -0.25) is 9.59 Å². The minimum absolute atomic E-state index is 0.0198. The Balaban J connectivity index is 1.81. The summed E-state index contributed by atoms with van der Waals surface area (Å²) in [5.74, 6) is 1.43. The van der Waals surface area contributed by atoms with Crippen LogP contribution in [0, 0.1) is 0 Å². The van der Waals surface area contributed by atoms with Crippen molar-refractivity contribution in [3.63, 3.8) is 0 Å². The van der Waals surface area contributed by atoms with E-state index >= 15 is 0 Å². The summed E-state index contributed by atoms with van der Waals surface area (Å²) in [4.78, 5) is 30.7. The van der Waals surface area contributed by atoms with Gasteiger partial charge >= 0.3 is 8.53 Å². The van der Waals surface area contributed by atoms with Gasteiger partial charge in [-0.15, -0.1) is 0 Å². The summed E-state index contributed by atoms with van der Waals surface area (Å²) in [6, 6.07) is 15.0. The summed E-state index contributed by atoms with van der Waals surface area (Å²) in [7, 11) is 2.42. The Kier molecular flexibility index (Phi) is 6.26. The van der Waals surface area contributed by atoms with Crippen LogP contribution in [0.3, 0.4) is 0 Å². The Labute approximate surface area is 202 Å². The van der Waals surface area contributed by atoms with Crippen LogP contribution < -0.4 is 9.05 Å². The number of carbonyl (C=O) groups excluding carboxylic acids is 2. The SMILES string of the molecule is CC(=O)N1[C@@H]2CCCC[C@H]2N(C(C)=O)[C@H]2c3ccccc3OP(N(C)C)Oc3ccccc3[C@@H]21. The summed E-state index contributed by atoms with van der Waals surface area (Å²) < 4.78 is 14.9. The monoisotopic (exact) mass is 481 g/mol. The first-order chi connectivity index (χ1) is 16.4. The van der Waals surface area contributed by atoms with E-state index in [-0.39, 0.29) is 36.0 Å². The standard InChI is InChI=1S/C26H32N3O4P/c1-17(30)28-21-13-7-8-14-22(21)29(18(2)31)26-20-12-6-10-16-24(20)33-34(27(3)4)32-23-15-9-5-11-19(23)25(26)28/h5-6,9-12,15-16,21-22,25-26H,7-8,13-14H2,1-4H3/t21-,22-,25+,26+/m1/s1. The summed E-state index contributed by atoms with van der Waals surface area (Å²) in [5.41, 5.74) is 1.82. The molecule has 2 heterocycles. The first-order valence-electron chi connectivity index (χ1n) is 12.0. The molecule has 2 aliphatic heterocycles. The minimum atomic E-state index is -1.44. The number of carbonyl (C=O) groups is 2. The Morgan fingerprint density at radius 3 is 1.59 bits per heavy atom. The van der Waals surface area contributed by atoms with Crippen LogP contribution >= 0.6 is 8.53 Å². The molecule has 1 aliphatic carbocycles. The van der Waals surface area contributed by atoms with Crippen molar-refractivity contribution in [2.45, 2.75) is 63.7 Å². The van der Waals surface area contributed by atoms with Crippen LogP contribution in [-0.4, -0.2) is 52.5 Å². The molecule has 0 aromatic heterocycles. The van der Waals surface area contributed by atoms with Crippen LogP contribution in [0.1, 0.15) is 62.7 Å². The molecule has 0 N–H and O–H groups in total. The van der Waals surface area contributed by atoms with Crippen molar-refractivity contribution in [2.24, 2.45) is 0 Å². The molecule has 2 aromatic carbocycles. The van der Waals surface area contributed by atoms with Crippen molar-refractivity contribution in [3.8, 4) is 11.5 Å². The summed E-state index contributed by atoms with van der Waals surface area (Å²) in [6.45, 7) is 3.30. The molecule has 0 unspecified atom stereocenters. The highest BCUT2D eigenvalue weighted by Crippen LogP contribution is 2.56. The van der Waals surface area contributed by atoms with E-state index in [0.29, 0.717) is 11.5 Å². The Morgan fingerprint density at radius 2 is 1.21 bits per heavy atom. The number of piperazine rings is 1. The molecular weight excluding hydrogens is 449 g/mol. The van der Waals surface area contributed by atoms with E-state index < -0.39 is 8.53 Å². The van der Waals surface area contributed by atoms with Crippen molar-refractivity contribution in [3.05, 3.63) is 59.7 Å². The Hall–Kier alpha value is -2.63. The molecule has 0 spiro atoms. The zero-order valence-electron chi connectivity index (χ0n) is 20.2. The van der Waals surface area contributed by atoms with Gasteiger partial charge in [-0.25, -0.2) is 4.67 Å². The van der Waals surface area contributed by atoms with E-state index in [1.165, 1.54) is 0 Å². The number of hydrogen-bond donors (Lipinski definition) is 0. The highest BCUT2D eigenvalue weighted by atomic mass is 31.2. The van der Waals surface area contributed by atoms with Gasteiger partial charge < -0.3 is 18.8 Å². The number of para-hydroxylation sites is 2. The maximum atomic E-state index is 13.3. The van der Waals surface area contributed by atoms with Gasteiger partial charge in [-0.05, 0) is 39.1 Å². The Morgan fingerprint density at radius 1 is 0.794 bits per heavy atom. The molecule has 2 amide bonds. The van der Waals surface area contributed by atoms with Crippen LogP contribution in [0.4, 0.5) is 0 Å². The summed E-state index contributed by atoms with van der Waals surface area (Å²) >= 11 is 0. The molecule has 0 radical (unpaired) electrons. The van der Waals surface area contributed by atoms with E-state index in [9.17, 15) is 9.59 Å². The van der Waals surface area contributed by atoms with Gasteiger partial charge in [0.25, 0.3) is 0 Å². The van der Waals surface area contributed by atoms with Gasteiger partial charge in [0.05, 0.1) is 24.2 Å². The van der Waals surface area contributed by atoms with Crippen LogP contribution in [0.15, 0.2) is 48.5 Å². The largest absolute Gasteiger partial charge is 0.427 e. The van der Waals surface area contributed by atoms with Gasteiger partial charge in [0.15, 0.2) is 0 Å². The summed E-state index contributed by atoms with van der Waals surface area (Å²) in [5, 5.41) is 0. The third kappa shape index (κ3) is 3.85. The van der Waals surface area contributed by atoms with Gasteiger partial charge in [0, 0.05) is 25.0 Å². The van der Waals surface area contributed by atoms with Crippen molar-refractivity contribution >= 4 is 20.3 Å². The lowest BCUT2D eigenvalue weighted by atomic mass is 9.78. The first-order valence-corrected chi connectivity index (χ1v) is 13.1. The van der Waals surface area contributed by atoms with Crippen molar-refractivity contribution in [2.75, 3.05) is 14.1 Å². The number of hydrogen-bond acceptors (Lipinski definition) is 5. The fraction of sp³-hybridized carbons (Fsp3) is 0.462. The molecule has 2 aromatic rings. The topological polar surface area (TPSA) is 62.3 Å². The van der Waals surface area contributed by atoms with Gasteiger partial charge in [-0.2, -0.15) is 0 Å². The number of amides is 2. The van der Waals surface area contributed by atoms with Crippen LogP contribution in [0.25, 0.3) is 0 Å². The third-order valence-corrected chi connectivity index (χ3v) is 8.55. The molecule has 0 bridgehead atoms. The van der Waals surface area contributed by atoms with Crippen LogP contribution in [-0.2, 0) is 9.59 Å². The highest BCUT2D eigenvalue weighted by molar-refractivity contribution is 7.45. The van der Waals surface area contributed by atoms with E-state index in [1.54, 1.807) is 13.8 Å². The molecule has 180 valence electrons. The minimum Gasteiger partial charge on any atom is -0.427 e. The molecule has 4 atom stereocenters. The second-order valence-corrected chi connectivity index (χ2v) is 11.1. The van der Waals surface area contributed by atoms with Gasteiger partial charge in [0.1, 0.15) is 11.5 Å². The fourth-order valence-corrected chi connectivity index (χ4v) is 6.96. The van der Waals surface area contributed by atoms with E-state index in [4.69, 9.17) is 9.05 Å². The molecule has 1 saturated heterocycles.